The molecule has 0 saturated carbocycles. The summed E-state index contributed by atoms with van der Waals surface area (Å²) in [6.07, 6.45) is 0. The Hall–Kier alpha value is -3.59. The second kappa shape index (κ2) is 10.6. The molecule has 0 aromatic heterocycles. The molecule has 0 unspecified atom stereocenters. The van der Waals surface area contributed by atoms with Gasteiger partial charge in [0.05, 0.1) is 0 Å². The molecule has 5 aromatic rings. The van der Waals surface area contributed by atoms with Crippen LogP contribution in [0.3, 0.4) is 0 Å². The van der Waals surface area contributed by atoms with Gasteiger partial charge in [-0.05, 0) is 44.2 Å². The predicted octanol–water partition coefficient (Wildman–Crippen LogP) is 8.16. The second-order valence-corrected chi connectivity index (χ2v) is 15.5. The molecular weight excluding hydrogens is 500 g/mol. The van der Waals surface area contributed by atoms with E-state index in [1.807, 2.05) is 36.4 Å². The Balaban J connectivity index is 1.69. The van der Waals surface area contributed by atoms with Crippen molar-refractivity contribution in [3.63, 3.8) is 0 Å². The van der Waals surface area contributed by atoms with Crippen molar-refractivity contribution in [2.24, 2.45) is 0 Å². The Bertz CT molecular complexity index is 1380. The minimum atomic E-state index is -2.77. The zero-order valence-corrected chi connectivity index (χ0v) is 23.9. The van der Waals surface area contributed by atoms with Crippen LogP contribution in [-0.2, 0) is 4.87 Å². The molecule has 0 N–H and O–H groups in total. The summed E-state index contributed by atoms with van der Waals surface area (Å²) < 4.78 is 7.33. The molecule has 0 aliphatic carbocycles. The molecule has 0 saturated heterocycles. The molecule has 0 aliphatic heterocycles. The normalized spacial score (nSPS) is 12.2. The highest BCUT2D eigenvalue weighted by Gasteiger charge is 2.52. The zero-order chi connectivity index (χ0) is 26.6. The van der Waals surface area contributed by atoms with Gasteiger partial charge in [0.2, 0.25) is 0 Å². The van der Waals surface area contributed by atoms with Gasteiger partial charge in [-0.25, -0.2) is 0 Å². The maximum atomic E-state index is 7.64. The summed E-state index contributed by atoms with van der Waals surface area (Å²) in [5.41, 5.74) is 3.03. The number of halogens is 1. The average Bonchev–Trinajstić information content (AvgIpc) is 2.97. The maximum absolute atomic E-state index is 7.64. The highest BCUT2D eigenvalue weighted by Crippen LogP contribution is 2.45. The zero-order valence-electron chi connectivity index (χ0n) is 22.1. The van der Waals surface area contributed by atoms with Crippen molar-refractivity contribution in [1.82, 2.24) is 0 Å². The molecule has 5 rings (SSSR count). The lowest BCUT2D eigenvalue weighted by molar-refractivity contribution is 0.507. The third-order valence-corrected chi connectivity index (χ3v) is 12.9. The summed E-state index contributed by atoms with van der Waals surface area (Å²) in [6, 6.07) is 50.4. The lowest BCUT2D eigenvalue weighted by atomic mass is 9.84. The molecule has 0 radical (unpaired) electrons. The van der Waals surface area contributed by atoms with Crippen molar-refractivity contribution in [1.29, 1.82) is 0 Å². The van der Waals surface area contributed by atoms with E-state index in [9.17, 15) is 0 Å². The highest BCUT2D eigenvalue weighted by atomic mass is 35.5. The molecule has 38 heavy (non-hydrogen) atoms. The first-order chi connectivity index (χ1) is 18.4. The number of benzene rings is 5. The molecule has 0 spiro atoms. The van der Waals surface area contributed by atoms with Gasteiger partial charge >= 0.3 is 8.32 Å². The molecule has 1 nitrogen and oxygen atoms in total. The third kappa shape index (κ3) is 4.71. The van der Waals surface area contributed by atoms with Crippen LogP contribution >= 0.6 is 11.6 Å². The summed E-state index contributed by atoms with van der Waals surface area (Å²) in [6.45, 7) is 6.88. The molecule has 3 heteroatoms. The fourth-order valence-electron chi connectivity index (χ4n) is 5.44. The van der Waals surface area contributed by atoms with Gasteiger partial charge < -0.3 is 4.43 Å². The van der Waals surface area contributed by atoms with Crippen LogP contribution in [0.25, 0.3) is 0 Å². The molecule has 190 valence electrons. The van der Waals surface area contributed by atoms with Crippen molar-refractivity contribution in [2.45, 2.75) is 30.7 Å². The molecule has 0 bridgehead atoms. The highest BCUT2D eigenvalue weighted by molar-refractivity contribution is 7.00. The van der Waals surface area contributed by atoms with Gasteiger partial charge in [-0.1, -0.05) is 154 Å². The van der Waals surface area contributed by atoms with E-state index in [2.05, 4.69) is 130 Å². The van der Waals surface area contributed by atoms with Crippen LogP contribution in [0.2, 0.25) is 5.04 Å². The predicted molar refractivity (Wildman–Crippen MR) is 163 cm³/mol. The van der Waals surface area contributed by atoms with Gasteiger partial charge in [-0.3, -0.25) is 0 Å². The van der Waals surface area contributed by atoms with Crippen molar-refractivity contribution in [3.05, 3.63) is 162 Å². The van der Waals surface area contributed by atoms with Crippen molar-refractivity contribution in [3.8, 4) is 5.75 Å². The van der Waals surface area contributed by atoms with Gasteiger partial charge in [0, 0.05) is 0 Å². The van der Waals surface area contributed by atoms with Crippen molar-refractivity contribution < 1.29 is 4.43 Å². The summed E-state index contributed by atoms with van der Waals surface area (Å²) >= 11 is 7.64. The quantitative estimate of drug-likeness (QED) is 0.117. The lowest BCUT2D eigenvalue weighted by Gasteiger charge is -2.43. The smallest absolute Gasteiger partial charge is 0.319 e. The number of rotatable bonds is 7. The van der Waals surface area contributed by atoms with Crippen LogP contribution in [0.5, 0.6) is 5.75 Å². The fourth-order valence-corrected chi connectivity index (χ4v) is 10.2. The Morgan fingerprint density at radius 2 is 0.895 bits per heavy atom. The first-order valence-electron chi connectivity index (χ1n) is 13.1. The number of hydrogen-bond donors (Lipinski definition) is 0. The summed E-state index contributed by atoms with van der Waals surface area (Å²) in [5, 5.41) is 2.35. The Morgan fingerprint density at radius 3 is 1.32 bits per heavy atom. The van der Waals surface area contributed by atoms with Crippen LogP contribution in [-0.4, -0.2) is 8.32 Å². The fraction of sp³-hybridized carbons (Fsp3) is 0.143. The third-order valence-electron chi connectivity index (χ3n) is 7.26. The van der Waals surface area contributed by atoms with Gasteiger partial charge in [-0.15, -0.1) is 11.6 Å². The topological polar surface area (TPSA) is 9.23 Å². The minimum absolute atomic E-state index is 0.136. The van der Waals surface area contributed by atoms with Crippen LogP contribution in [0.4, 0.5) is 0 Å². The van der Waals surface area contributed by atoms with E-state index in [4.69, 9.17) is 16.0 Å². The molecule has 0 aliphatic rings. The van der Waals surface area contributed by atoms with Crippen molar-refractivity contribution in [2.75, 3.05) is 0 Å². The lowest BCUT2D eigenvalue weighted by Crippen LogP contribution is -2.68. The summed E-state index contributed by atoms with van der Waals surface area (Å²) in [5.74, 6) is 0.827. The van der Waals surface area contributed by atoms with E-state index < -0.39 is 13.2 Å². The van der Waals surface area contributed by atoms with Crippen LogP contribution in [0, 0.1) is 0 Å². The second-order valence-electron chi connectivity index (χ2n) is 10.7. The van der Waals surface area contributed by atoms with Crippen LogP contribution in [0.15, 0.2) is 146 Å². The standard InChI is InChI=1S/C35H33ClOSi/c1-34(2,3)38(32-23-12-6-13-24-32,33-25-14-7-15-26-33)37-31-22-16-21-30(27-31)35(36,28-17-8-4-9-18-28)29-19-10-5-11-20-29/h4-27H,1-3H3. The first-order valence-corrected chi connectivity index (χ1v) is 15.3. The number of alkyl halides is 1. The molecule has 0 amide bonds. The van der Waals surface area contributed by atoms with E-state index >= 15 is 0 Å². The van der Waals surface area contributed by atoms with E-state index in [1.165, 1.54) is 10.4 Å². The summed E-state index contributed by atoms with van der Waals surface area (Å²) in [7, 11) is -2.77. The molecule has 0 heterocycles. The molecular formula is C35H33ClOSi. The largest absolute Gasteiger partial charge is 0.534 e. The number of hydrogen-bond acceptors (Lipinski definition) is 1. The Kier molecular flexibility index (Phi) is 7.29. The van der Waals surface area contributed by atoms with Gasteiger partial charge in [0.15, 0.2) is 0 Å². The van der Waals surface area contributed by atoms with E-state index in [-0.39, 0.29) is 5.04 Å². The van der Waals surface area contributed by atoms with Crippen LogP contribution in [0.1, 0.15) is 37.5 Å². The van der Waals surface area contributed by atoms with E-state index in [1.54, 1.807) is 0 Å². The molecule has 0 fully saturated rings. The van der Waals surface area contributed by atoms with Gasteiger partial charge in [0.1, 0.15) is 10.6 Å². The van der Waals surface area contributed by atoms with Gasteiger partial charge in [0.25, 0.3) is 0 Å². The Morgan fingerprint density at radius 1 is 0.500 bits per heavy atom. The average molecular weight is 533 g/mol. The first kappa shape index (κ1) is 26.0. The monoisotopic (exact) mass is 532 g/mol. The van der Waals surface area contributed by atoms with E-state index in [0.29, 0.717) is 0 Å². The van der Waals surface area contributed by atoms with E-state index in [0.717, 1.165) is 22.4 Å². The summed E-state index contributed by atoms with van der Waals surface area (Å²) in [4.78, 5) is -0.854. The van der Waals surface area contributed by atoms with Crippen molar-refractivity contribution >= 4 is 30.3 Å². The minimum Gasteiger partial charge on any atom is -0.534 e. The SMILES string of the molecule is CC(C)(C)[Si](Oc1cccc(C(Cl)(c2ccccc2)c2ccccc2)c1)(c1ccccc1)c1ccccc1. The Labute approximate surface area is 232 Å². The maximum Gasteiger partial charge on any atom is 0.319 e. The molecule has 0 atom stereocenters. The van der Waals surface area contributed by atoms with Crippen LogP contribution < -0.4 is 14.8 Å². The van der Waals surface area contributed by atoms with Gasteiger partial charge in [-0.2, -0.15) is 0 Å². The molecule has 5 aromatic carbocycles.